The summed E-state index contributed by atoms with van der Waals surface area (Å²) in [5, 5.41) is 9.02. The predicted octanol–water partition coefficient (Wildman–Crippen LogP) is 2.34. The van der Waals surface area contributed by atoms with Crippen LogP contribution in [0.3, 0.4) is 0 Å². The highest BCUT2D eigenvalue weighted by Crippen LogP contribution is 2.08. The Labute approximate surface area is 79.2 Å². The Morgan fingerprint density at radius 1 is 1.23 bits per heavy atom. The monoisotopic (exact) mass is 180 g/mol. The fourth-order valence-electron chi connectivity index (χ4n) is 0.732. The van der Waals surface area contributed by atoms with Crippen molar-refractivity contribution < 1.29 is 9.90 Å². The third-order valence-corrected chi connectivity index (χ3v) is 1.28. The van der Waals surface area contributed by atoms with E-state index in [4.69, 9.17) is 5.11 Å². The van der Waals surface area contributed by atoms with Gasteiger partial charge in [0.2, 0.25) is 0 Å². The summed E-state index contributed by atoms with van der Waals surface area (Å²) in [5.41, 5.74) is 0.970. The van der Waals surface area contributed by atoms with Crippen molar-refractivity contribution in [2.24, 2.45) is 0 Å². The van der Waals surface area contributed by atoms with Crippen molar-refractivity contribution in [1.82, 2.24) is 0 Å². The Kier molecular flexibility index (Phi) is 5.81. The second kappa shape index (κ2) is 6.38. The molecule has 0 radical (unpaired) electrons. The van der Waals surface area contributed by atoms with Gasteiger partial charge < -0.3 is 9.90 Å². The SMILES string of the molecule is CC(C)=O.CC(O)c1ccccc1. The second-order valence-electron chi connectivity index (χ2n) is 2.99. The molecule has 0 saturated carbocycles. The van der Waals surface area contributed by atoms with E-state index in [1.165, 1.54) is 13.8 Å². The molecule has 1 atom stereocenters. The molecular formula is C11H16O2. The molecule has 0 saturated heterocycles. The molecule has 0 heterocycles. The van der Waals surface area contributed by atoms with Crippen molar-refractivity contribution in [2.75, 3.05) is 0 Å². The summed E-state index contributed by atoms with van der Waals surface area (Å²) in [7, 11) is 0. The van der Waals surface area contributed by atoms with Gasteiger partial charge in [0.15, 0.2) is 0 Å². The zero-order chi connectivity index (χ0) is 10.3. The smallest absolute Gasteiger partial charge is 0.126 e. The van der Waals surface area contributed by atoms with E-state index in [1.807, 2.05) is 30.3 Å². The molecule has 72 valence electrons. The lowest BCUT2D eigenvalue weighted by molar-refractivity contribution is -0.114. The van der Waals surface area contributed by atoms with Gasteiger partial charge >= 0.3 is 0 Å². The van der Waals surface area contributed by atoms with Crippen molar-refractivity contribution in [2.45, 2.75) is 26.9 Å². The molecule has 2 heteroatoms. The molecule has 1 rings (SSSR count). The molecule has 0 aliphatic rings. The highest BCUT2D eigenvalue weighted by atomic mass is 16.3. The number of ketones is 1. The van der Waals surface area contributed by atoms with Crippen molar-refractivity contribution in [3.8, 4) is 0 Å². The topological polar surface area (TPSA) is 37.3 Å². The molecule has 0 amide bonds. The highest BCUT2D eigenvalue weighted by molar-refractivity contribution is 5.72. The van der Waals surface area contributed by atoms with Crippen LogP contribution in [0, 0.1) is 0 Å². The molecule has 0 aliphatic heterocycles. The number of Topliss-reactive ketones (excluding diaryl/α,β-unsaturated/α-hetero) is 1. The van der Waals surface area contributed by atoms with Crippen LogP contribution in [0.1, 0.15) is 32.4 Å². The average molecular weight is 180 g/mol. The molecule has 0 aliphatic carbocycles. The van der Waals surface area contributed by atoms with Gasteiger partial charge in [-0.2, -0.15) is 0 Å². The molecule has 1 N–H and O–H groups in total. The summed E-state index contributed by atoms with van der Waals surface area (Å²) in [4.78, 5) is 9.44. The molecule has 0 aromatic heterocycles. The maximum absolute atomic E-state index is 9.44. The summed E-state index contributed by atoms with van der Waals surface area (Å²) in [6, 6.07) is 9.59. The maximum atomic E-state index is 9.44. The van der Waals surface area contributed by atoms with E-state index in [2.05, 4.69) is 0 Å². The standard InChI is InChI=1S/C8H10O.C3H6O/c1-7(9)8-5-3-2-4-6-8;1-3(2)4/h2-7,9H,1H3;1-2H3. The zero-order valence-corrected chi connectivity index (χ0v) is 8.32. The minimum absolute atomic E-state index is 0.167. The average Bonchev–Trinajstić information content (AvgIpc) is 2.05. The van der Waals surface area contributed by atoms with Gasteiger partial charge in [-0.25, -0.2) is 0 Å². The summed E-state index contributed by atoms with van der Waals surface area (Å²) in [5.74, 6) is 0.167. The predicted molar refractivity (Wildman–Crippen MR) is 53.4 cm³/mol. The molecule has 1 unspecified atom stereocenters. The Balaban J connectivity index is 0.000000310. The number of carbonyl (C=O) groups excluding carboxylic acids is 1. The van der Waals surface area contributed by atoms with Gasteiger partial charge in [-0.05, 0) is 26.3 Å². The van der Waals surface area contributed by atoms with Crippen molar-refractivity contribution in [1.29, 1.82) is 0 Å². The molecule has 13 heavy (non-hydrogen) atoms. The van der Waals surface area contributed by atoms with Gasteiger partial charge in [0, 0.05) is 0 Å². The molecule has 0 spiro atoms. The van der Waals surface area contributed by atoms with E-state index in [0.717, 1.165) is 5.56 Å². The fraction of sp³-hybridized carbons (Fsp3) is 0.364. The van der Waals surface area contributed by atoms with E-state index in [1.54, 1.807) is 6.92 Å². The van der Waals surface area contributed by atoms with Crippen LogP contribution in [0.5, 0.6) is 0 Å². The molecule has 2 nitrogen and oxygen atoms in total. The van der Waals surface area contributed by atoms with Gasteiger partial charge in [-0.15, -0.1) is 0 Å². The van der Waals surface area contributed by atoms with Crippen LogP contribution in [0.2, 0.25) is 0 Å². The van der Waals surface area contributed by atoms with Crippen molar-refractivity contribution in [3.63, 3.8) is 0 Å². The lowest BCUT2D eigenvalue weighted by Gasteiger charge is -2.00. The van der Waals surface area contributed by atoms with Crippen molar-refractivity contribution >= 4 is 5.78 Å². The molecule has 1 aromatic rings. The first-order valence-electron chi connectivity index (χ1n) is 4.24. The Bertz CT molecular complexity index is 236. The Morgan fingerprint density at radius 3 is 1.85 bits per heavy atom. The number of aliphatic hydroxyl groups is 1. The lowest BCUT2D eigenvalue weighted by atomic mass is 10.1. The van der Waals surface area contributed by atoms with Gasteiger partial charge in [-0.1, -0.05) is 30.3 Å². The third kappa shape index (κ3) is 7.22. The molecule has 0 bridgehead atoms. The summed E-state index contributed by atoms with van der Waals surface area (Å²) < 4.78 is 0. The van der Waals surface area contributed by atoms with E-state index < -0.39 is 0 Å². The van der Waals surface area contributed by atoms with E-state index in [0.29, 0.717) is 0 Å². The van der Waals surface area contributed by atoms with E-state index >= 15 is 0 Å². The van der Waals surface area contributed by atoms with Crippen LogP contribution >= 0.6 is 0 Å². The van der Waals surface area contributed by atoms with Crippen LogP contribution in [0.4, 0.5) is 0 Å². The lowest BCUT2D eigenvalue weighted by Crippen LogP contribution is -1.87. The quantitative estimate of drug-likeness (QED) is 0.720. The zero-order valence-electron chi connectivity index (χ0n) is 8.32. The number of aliphatic hydroxyl groups excluding tert-OH is 1. The van der Waals surface area contributed by atoms with Crippen molar-refractivity contribution in [3.05, 3.63) is 35.9 Å². The first kappa shape index (κ1) is 11.8. The number of hydrogen-bond donors (Lipinski definition) is 1. The van der Waals surface area contributed by atoms with Crippen LogP contribution in [-0.2, 0) is 4.79 Å². The summed E-state index contributed by atoms with van der Waals surface area (Å²) >= 11 is 0. The van der Waals surface area contributed by atoms with Crippen LogP contribution in [-0.4, -0.2) is 10.9 Å². The summed E-state index contributed by atoms with van der Waals surface area (Å²) in [6.07, 6.45) is -0.341. The Morgan fingerprint density at radius 2 is 1.62 bits per heavy atom. The first-order chi connectivity index (χ1) is 6.04. The minimum Gasteiger partial charge on any atom is -0.389 e. The van der Waals surface area contributed by atoms with Crippen LogP contribution in [0.15, 0.2) is 30.3 Å². The van der Waals surface area contributed by atoms with Crippen LogP contribution in [0.25, 0.3) is 0 Å². The maximum Gasteiger partial charge on any atom is 0.126 e. The van der Waals surface area contributed by atoms with Gasteiger partial charge in [0.1, 0.15) is 5.78 Å². The van der Waals surface area contributed by atoms with Gasteiger partial charge in [0.25, 0.3) is 0 Å². The number of carbonyl (C=O) groups is 1. The number of rotatable bonds is 1. The van der Waals surface area contributed by atoms with E-state index in [9.17, 15) is 4.79 Å². The first-order valence-corrected chi connectivity index (χ1v) is 4.24. The van der Waals surface area contributed by atoms with Gasteiger partial charge in [0.05, 0.1) is 6.10 Å². The molecule has 0 fully saturated rings. The van der Waals surface area contributed by atoms with E-state index in [-0.39, 0.29) is 11.9 Å². The number of hydrogen-bond acceptors (Lipinski definition) is 2. The van der Waals surface area contributed by atoms with Crippen LogP contribution < -0.4 is 0 Å². The molecular weight excluding hydrogens is 164 g/mol. The fourth-order valence-corrected chi connectivity index (χ4v) is 0.732. The van der Waals surface area contributed by atoms with Gasteiger partial charge in [-0.3, -0.25) is 0 Å². The third-order valence-electron chi connectivity index (χ3n) is 1.28. The Hall–Kier alpha value is -1.15. The normalized spacial score (nSPS) is 11.1. The number of benzene rings is 1. The summed E-state index contributed by atoms with van der Waals surface area (Å²) in [6.45, 7) is 4.81. The largest absolute Gasteiger partial charge is 0.389 e. The highest BCUT2D eigenvalue weighted by Gasteiger charge is 1.95. The molecule has 1 aromatic carbocycles. The minimum atomic E-state index is -0.341. The second-order valence-corrected chi connectivity index (χ2v) is 2.99.